The molecule has 0 N–H and O–H groups in total. The summed E-state index contributed by atoms with van der Waals surface area (Å²) in [4.78, 5) is 12.6. The van der Waals surface area contributed by atoms with Gasteiger partial charge in [-0.05, 0) is 63.6 Å². The number of aryl methyl sites for hydroxylation is 2. The van der Waals surface area contributed by atoms with Gasteiger partial charge in [-0.2, -0.15) is 4.31 Å². The molecule has 0 amide bonds. The number of esters is 1. The first-order chi connectivity index (χ1) is 13.2. The van der Waals surface area contributed by atoms with Gasteiger partial charge in [0.25, 0.3) is 0 Å². The van der Waals surface area contributed by atoms with Crippen molar-refractivity contribution in [2.75, 3.05) is 13.1 Å². The van der Waals surface area contributed by atoms with Crippen molar-refractivity contribution in [3.8, 4) is 5.75 Å². The van der Waals surface area contributed by atoms with Crippen molar-refractivity contribution >= 4 is 16.0 Å². The third-order valence-corrected chi connectivity index (χ3v) is 6.49. The summed E-state index contributed by atoms with van der Waals surface area (Å²) in [5.41, 5.74) is 2.24. The van der Waals surface area contributed by atoms with Crippen molar-refractivity contribution in [3.63, 3.8) is 0 Å². The van der Waals surface area contributed by atoms with Gasteiger partial charge >= 0.3 is 5.97 Å². The van der Waals surface area contributed by atoms with Crippen LogP contribution in [0.25, 0.3) is 0 Å². The van der Waals surface area contributed by atoms with Crippen LogP contribution in [-0.4, -0.2) is 44.0 Å². The number of hydrogen-bond donors (Lipinski definition) is 0. The van der Waals surface area contributed by atoms with Crippen LogP contribution >= 0.6 is 0 Å². The molecule has 0 radical (unpaired) electrons. The standard InChI is InChI=1S/C21H25NO5S/c1-14-5-10-20(15(2)11-14)27-21(23)18-6-8-19(9-7-18)28(24,25)22-12-16(3)26-17(4)13-22/h5-11,16-17H,12-13H2,1-4H3/t16-,17-/m1/s1. The number of benzene rings is 2. The summed E-state index contributed by atoms with van der Waals surface area (Å²) in [7, 11) is -3.64. The molecule has 2 atom stereocenters. The summed E-state index contributed by atoms with van der Waals surface area (Å²) in [6.07, 6.45) is -0.323. The molecule has 1 fully saturated rings. The number of carbonyl (C=O) groups excluding carboxylic acids is 1. The Morgan fingerprint density at radius 2 is 1.64 bits per heavy atom. The summed E-state index contributed by atoms with van der Waals surface area (Å²) in [6, 6.07) is 11.4. The van der Waals surface area contributed by atoms with Crippen LogP contribution in [0, 0.1) is 13.8 Å². The van der Waals surface area contributed by atoms with E-state index in [1.165, 1.54) is 28.6 Å². The minimum atomic E-state index is -3.64. The first-order valence-corrected chi connectivity index (χ1v) is 10.7. The van der Waals surface area contributed by atoms with Gasteiger partial charge < -0.3 is 9.47 Å². The van der Waals surface area contributed by atoms with Gasteiger partial charge in [-0.1, -0.05) is 17.7 Å². The van der Waals surface area contributed by atoms with Gasteiger partial charge in [0.15, 0.2) is 0 Å². The molecule has 6 nitrogen and oxygen atoms in total. The number of hydrogen-bond acceptors (Lipinski definition) is 5. The largest absolute Gasteiger partial charge is 0.423 e. The number of rotatable bonds is 4. The molecule has 0 spiro atoms. The van der Waals surface area contributed by atoms with E-state index in [9.17, 15) is 13.2 Å². The molecule has 2 aromatic rings. The summed E-state index contributed by atoms with van der Waals surface area (Å²) < 4.78 is 38.2. The lowest BCUT2D eigenvalue weighted by Crippen LogP contribution is -2.48. The molecule has 2 aromatic carbocycles. The number of morpholine rings is 1. The molecule has 0 unspecified atom stereocenters. The minimum absolute atomic E-state index is 0.150. The Morgan fingerprint density at radius 1 is 1.04 bits per heavy atom. The normalized spacial score (nSPS) is 20.7. The van der Waals surface area contributed by atoms with E-state index in [0.29, 0.717) is 24.4 Å². The summed E-state index contributed by atoms with van der Waals surface area (Å²) in [5, 5.41) is 0. The maximum absolute atomic E-state index is 12.9. The Kier molecular flexibility index (Phi) is 5.88. The van der Waals surface area contributed by atoms with Crippen LogP contribution in [-0.2, 0) is 14.8 Å². The molecule has 1 saturated heterocycles. The van der Waals surface area contributed by atoms with Crippen LogP contribution in [0.15, 0.2) is 47.4 Å². The van der Waals surface area contributed by atoms with E-state index in [2.05, 4.69) is 0 Å². The molecule has 28 heavy (non-hydrogen) atoms. The highest BCUT2D eigenvalue weighted by Gasteiger charge is 2.32. The van der Waals surface area contributed by atoms with Crippen LogP contribution in [0.5, 0.6) is 5.75 Å². The van der Waals surface area contributed by atoms with Gasteiger partial charge in [-0.25, -0.2) is 13.2 Å². The lowest BCUT2D eigenvalue weighted by molar-refractivity contribution is -0.0440. The van der Waals surface area contributed by atoms with Gasteiger partial charge in [0.2, 0.25) is 10.0 Å². The highest BCUT2D eigenvalue weighted by Crippen LogP contribution is 2.23. The Hall–Kier alpha value is -2.22. The summed E-state index contributed by atoms with van der Waals surface area (Å²) in [6.45, 7) is 8.16. The zero-order valence-corrected chi connectivity index (χ0v) is 17.3. The van der Waals surface area contributed by atoms with Crippen molar-refractivity contribution in [2.24, 2.45) is 0 Å². The van der Waals surface area contributed by atoms with E-state index < -0.39 is 16.0 Å². The SMILES string of the molecule is Cc1ccc(OC(=O)c2ccc(S(=O)(=O)N3C[C@@H](C)O[C@H](C)C3)cc2)c(C)c1. The third-order valence-electron chi connectivity index (χ3n) is 4.65. The predicted molar refractivity (Wildman–Crippen MR) is 106 cm³/mol. The average Bonchev–Trinajstić information content (AvgIpc) is 2.63. The fraction of sp³-hybridized carbons (Fsp3) is 0.381. The second-order valence-electron chi connectivity index (χ2n) is 7.26. The molecule has 1 aliphatic rings. The molecule has 1 aliphatic heterocycles. The molecule has 0 aromatic heterocycles. The lowest BCUT2D eigenvalue weighted by Gasteiger charge is -2.34. The fourth-order valence-corrected chi connectivity index (χ4v) is 4.90. The van der Waals surface area contributed by atoms with Crippen molar-refractivity contribution in [1.82, 2.24) is 4.31 Å². The van der Waals surface area contributed by atoms with E-state index in [4.69, 9.17) is 9.47 Å². The highest BCUT2D eigenvalue weighted by atomic mass is 32.2. The maximum atomic E-state index is 12.9. The Labute approximate surface area is 166 Å². The molecule has 3 rings (SSSR count). The lowest BCUT2D eigenvalue weighted by atomic mass is 10.1. The monoisotopic (exact) mass is 403 g/mol. The topological polar surface area (TPSA) is 72.9 Å². The first-order valence-electron chi connectivity index (χ1n) is 9.22. The number of ether oxygens (including phenoxy) is 2. The molecule has 0 aliphatic carbocycles. The predicted octanol–water partition coefficient (Wildman–Crippen LogP) is 3.32. The van der Waals surface area contributed by atoms with E-state index in [-0.39, 0.29) is 17.1 Å². The van der Waals surface area contributed by atoms with Crippen molar-refractivity contribution in [3.05, 3.63) is 59.2 Å². The Bertz CT molecular complexity index is 959. The molecular weight excluding hydrogens is 378 g/mol. The van der Waals surface area contributed by atoms with Gasteiger partial charge in [0.05, 0.1) is 22.7 Å². The zero-order valence-electron chi connectivity index (χ0n) is 16.5. The summed E-state index contributed by atoms with van der Waals surface area (Å²) in [5.74, 6) is -0.0342. The van der Waals surface area contributed by atoms with Crippen molar-refractivity contribution in [2.45, 2.75) is 44.8 Å². The quantitative estimate of drug-likeness (QED) is 0.578. The van der Waals surface area contributed by atoms with Gasteiger partial charge in [-0.15, -0.1) is 0 Å². The van der Waals surface area contributed by atoms with Crippen LogP contribution in [0.2, 0.25) is 0 Å². The van der Waals surface area contributed by atoms with E-state index in [0.717, 1.165) is 11.1 Å². The van der Waals surface area contributed by atoms with Gasteiger partial charge in [0.1, 0.15) is 5.75 Å². The van der Waals surface area contributed by atoms with Crippen LogP contribution in [0.1, 0.15) is 35.3 Å². The number of nitrogens with zero attached hydrogens (tertiary/aromatic N) is 1. The second-order valence-corrected chi connectivity index (χ2v) is 9.20. The Morgan fingerprint density at radius 3 is 2.21 bits per heavy atom. The zero-order chi connectivity index (χ0) is 20.5. The van der Waals surface area contributed by atoms with E-state index in [1.54, 1.807) is 6.07 Å². The molecule has 0 saturated carbocycles. The fourth-order valence-electron chi connectivity index (χ4n) is 3.31. The van der Waals surface area contributed by atoms with Crippen LogP contribution in [0.4, 0.5) is 0 Å². The summed E-state index contributed by atoms with van der Waals surface area (Å²) >= 11 is 0. The molecule has 150 valence electrons. The average molecular weight is 404 g/mol. The number of carbonyl (C=O) groups is 1. The minimum Gasteiger partial charge on any atom is -0.423 e. The van der Waals surface area contributed by atoms with Crippen LogP contribution in [0.3, 0.4) is 0 Å². The van der Waals surface area contributed by atoms with E-state index in [1.807, 2.05) is 39.8 Å². The van der Waals surface area contributed by atoms with Crippen molar-refractivity contribution in [1.29, 1.82) is 0 Å². The van der Waals surface area contributed by atoms with Crippen molar-refractivity contribution < 1.29 is 22.7 Å². The maximum Gasteiger partial charge on any atom is 0.343 e. The molecule has 0 bridgehead atoms. The number of sulfonamides is 1. The Balaban J connectivity index is 1.76. The molecule has 7 heteroatoms. The van der Waals surface area contributed by atoms with E-state index >= 15 is 0 Å². The molecular formula is C21H25NO5S. The smallest absolute Gasteiger partial charge is 0.343 e. The molecule has 1 heterocycles. The van der Waals surface area contributed by atoms with Gasteiger partial charge in [-0.3, -0.25) is 0 Å². The highest BCUT2D eigenvalue weighted by molar-refractivity contribution is 7.89. The second kappa shape index (κ2) is 8.03. The third kappa shape index (κ3) is 4.43. The van der Waals surface area contributed by atoms with Gasteiger partial charge in [0, 0.05) is 13.1 Å². The first kappa shape index (κ1) is 20.5. The van der Waals surface area contributed by atoms with Crippen LogP contribution < -0.4 is 4.74 Å².